The molecule has 0 aromatic heterocycles. The number of hydrogen-bond donors (Lipinski definition) is 0. The highest BCUT2D eigenvalue weighted by Gasteiger charge is 2.29. The fraction of sp³-hybridized carbons (Fsp3) is 0.192. The predicted molar refractivity (Wildman–Crippen MR) is 119 cm³/mol. The number of hydrogen-bond acceptors (Lipinski definition) is 2. The molecule has 0 spiro atoms. The lowest BCUT2D eigenvalue weighted by Gasteiger charge is -2.18. The number of carbonyl (C=O) groups is 1. The van der Waals surface area contributed by atoms with Gasteiger partial charge in [-0.15, -0.1) is 0 Å². The van der Waals surface area contributed by atoms with Crippen LogP contribution in [-0.4, -0.2) is 19.6 Å². The molecular formula is C26H23F2NO2. The van der Waals surface area contributed by atoms with E-state index in [0.717, 1.165) is 28.0 Å². The molecule has 158 valence electrons. The number of nitrogens with zero attached hydrogens (tertiary/aromatic N) is 1. The molecule has 1 aliphatic rings. The van der Waals surface area contributed by atoms with Crippen LogP contribution in [0, 0.1) is 18.6 Å². The molecule has 3 aromatic carbocycles. The highest BCUT2D eigenvalue weighted by molar-refractivity contribution is 6.07. The van der Waals surface area contributed by atoms with Gasteiger partial charge in [0.05, 0.1) is 12.7 Å². The van der Waals surface area contributed by atoms with Crippen molar-refractivity contribution < 1.29 is 18.3 Å². The maximum Gasteiger partial charge on any atom is 0.261 e. The number of fused-ring (bicyclic) bond motifs is 1. The molecule has 1 aliphatic heterocycles. The van der Waals surface area contributed by atoms with Crippen molar-refractivity contribution >= 4 is 23.2 Å². The van der Waals surface area contributed by atoms with Crippen molar-refractivity contribution in [2.75, 3.05) is 18.6 Å². The summed E-state index contributed by atoms with van der Waals surface area (Å²) in [5.41, 5.74) is 5.95. The summed E-state index contributed by atoms with van der Waals surface area (Å²) in [4.78, 5) is 14.4. The van der Waals surface area contributed by atoms with E-state index in [0.29, 0.717) is 13.0 Å². The summed E-state index contributed by atoms with van der Waals surface area (Å²) in [5, 5.41) is 0. The SMILES string of the molecule is COc1ccc(C(=O)N2CCc3cc(/C(C)=C/c4ccc(C)cc4)ccc32)c(F)c1F. The molecule has 31 heavy (non-hydrogen) atoms. The molecular weight excluding hydrogens is 396 g/mol. The molecule has 0 unspecified atom stereocenters. The van der Waals surface area contributed by atoms with E-state index < -0.39 is 17.5 Å². The average molecular weight is 419 g/mol. The molecule has 0 N–H and O–H groups in total. The minimum Gasteiger partial charge on any atom is -0.494 e. The highest BCUT2D eigenvalue weighted by atomic mass is 19.2. The number of methoxy groups -OCH3 is 1. The van der Waals surface area contributed by atoms with Gasteiger partial charge in [-0.3, -0.25) is 4.79 Å². The van der Waals surface area contributed by atoms with Crippen LogP contribution in [0.15, 0.2) is 54.6 Å². The predicted octanol–water partition coefficient (Wildman–Crippen LogP) is 6.05. The number of ether oxygens (including phenoxy) is 1. The average Bonchev–Trinajstić information content (AvgIpc) is 3.20. The molecule has 0 fully saturated rings. The second kappa shape index (κ2) is 8.34. The minimum absolute atomic E-state index is 0.226. The zero-order valence-corrected chi connectivity index (χ0v) is 17.7. The van der Waals surface area contributed by atoms with Crippen molar-refractivity contribution in [2.45, 2.75) is 20.3 Å². The third-order valence-electron chi connectivity index (χ3n) is 5.63. The summed E-state index contributed by atoms with van der Waals surface area (Å²) in [5.74, 6) is -3.12. The van der Waals surface area contributed by atoms with E-state index in [4.69, 9.17) is 4.74 Å². The van der Waals surface area contributed by atoms with Gasteiger partial charge in [0.15, 0.2) is 11.6 Å². The molecule has 0 radical (unpaired) electrons. The van der Waals surface area contributed by atoms with E-state index >= 15 is 0 Å². The molecule has 0 bridgehead atoms. The molecule has 0 aliphatic carbocycles. The zero-order valence-electron chi connectivity index (χ0n) is 17.7. The second-order valence-corrected chi connectivity index (χ2v) is 7.73. The van der Waals surface area contributed by atoms with Crippen LogP contribution in [0.1, 0.15) is 39.5 Å². The largest absolute Gasteiger partial charge is 0.494 e. The number of carbonyl (C=O) groups excluding carboxylic acids is 1. The Bertz CT molecular complexity index is 1180. The van der Waals surface area contributed by atoms with Crippen LogP contribution in [0.25, 0.3) is 11.6 Å². The molecule has 4 rings (SSSR count). The third-order valence-corrected chi connectivity index (χ3v) is 5.63. The van der Waals surface area contributed by atoms with Gasteiger partial charge < -0.3 is 9.64 Å². The van der Waals surface area contributed by atoms with Crippen LogP contribution < -0.4 is 9.64 Å². The summed E-state index contributed by atoms with van der Waals surface area (Å²) in [6, 6.07) is 16.7. The number of aryl methyl sites for hydroxylation is 1. The monoisotopic (exact) mass is 419 g/mol. The van der Waals surface area contributed by atoms with E-state index in [1.807, 2.05) is 12.1 Å². The van der Waals surface area contributed by atoms with E-state index in [2.05, 4.69) is 50.3 Å². The normalized spacial score (nSPS) is 13.3. The quantitative estimate of drug-likeness (QED) is 0.482. The Morgan fingerprint density at radius 2 is 1.77 bits per heavy atom. The lowest BCUT2D eigenvalue weighted by atomic mass is 10.0. The smallest absolute Gasteiger partial charge is 0.261 e. The Kier molecular flexibility index (Phi) is 5.59. The lowest BCUT2D eigenvalue weighted by Crippen LogP contribution is -2.30. The van der Waals surface area contributed by atoms with Crippen LogP contribution in [0.5, 0.6) is 5.75 Å². The van der Waals surface area contributed by atoms with Gasteiger partial charge in [0.25, 0.3) is 5.91 Å². The standard InChI is InChI=1S/C26H23F2NO2/c1-16-4-6-18(7-5-16)14-17(2)19-8-10-22-20(15-19)12-13-29(22)26(30)21-9-11-23(31-3)25(28)24(21)27/h4-11,14-15H,12-13H2,1-3H3/b17-14+. The van der Waals surface area contributed by atoms with Gasteiger partial charge in [-0.25, -0.2) is 4.39 Å². The number of anilines is 1. The number of allylic oxidation sites excluding steroid dienone is 1. The minimum atomic E-state index is -1.19. The Hall–Kier alpha value is -3.47. The maximum absolute atomic E-state index is 14.4. The van der Waals surface area contributed by atoms with Crippen molar-refractivity contribution in [3.8, 4) is 5.75 Å². The Balaban J connectivity index is 1.61. The lowest BCUT2D eigenvalue weighted by molar-refractivity contribution is 0.0984. The van der Waals surface area contributed by atoms with Crippen LogP contribution >= 0.6 is 0 Å². The van der Waals surface area contributed by atoms with Gasteiger partial charge in [-0.1, -0.05) is 42.0 Å². The fourth-order valence-electron chi connectivity index (χ4n) is 3.85. The molecule has 5 heteroatoms. The van der Waals surface area contributed by atoms with Gasteiger partial charge in [0.1, 0.15) is 0 Å². The zero-order chi connectivity index (χ0) is 22.1. The summed E-state index contributed by atoms with van der Waals surface area (Å²) in [6.45, 7) is 4.53. The molecule has 3 nitrogen and oxygen atoms in total. The molecule has 1 amide bonds. The first-order chi connectivity index (χ1) is 14.9. The molecule has 1 heterocycles. The Morgan fingerprint density at radius 3 is 2.48 bits per heavy atom. The number of rotatable bonds is 4. The van der Waals surface area contributed by atoms with Crippen LogP contribution in [-0.2, 0) is 6.42 Å². The van der Waals surface area contributed by atoms with Crippen molar-refractivity contribution in [1.82, 2.24) is 0 Å². The summed E-state index contributed by atoms with van der Waals surface area (Å²) in [6.07, 6.45) is 2.78. The Morgan fingerprint density at radius 1 is 1.03 bits per heavy atom. The number of benzene rings is 3. The maximum atomic E-state index is 14.4. The number of amides is 1. The number of halogens is 2. The van der Waals surface area contributed by atoms with E-state index in [9.17, 15) is 13.6 Å². The van der Waals surface area contributed by atoms with Gasteiger partial charge in [-0.2, -0.15) is 4.39 Å². The summed E-state index contributed by atoms with van der Waals surface area (Å²) < 4.78 is 33.3. The first-order valence-corrected chi connectivity index (χ1v) is 10.1. The van der Waals surface area contributed by atoms with Crippen LogP contribution in [0.3, 0.4) is 0 Å². The molecule has 0 saturated heterocycles. The van der Waals surface area contributed by atoms with E-state index in [-0.39, 0.29) is 11.3 Å². The highest BCUT2D eigenvalue weighted by Crippen LogP contribution is 2.33. The van der Waals surface area contributed by atoms with Gasteiger partial charge in [-0.05, 0) is 66.8 Å². The van der Waals surface area contributed by atoms with Gasteiger partial charge in [0.2, 0.25) is 5.82 Å². The van der Waals surface area contributed by atoms with Crippen molar-refractivity contribution in [2.24, 2.45) is 0 Å². The first kappa shape index (κ1) is 20.8. The third kappa shape index (κ3) is 3.96. The topological polar surface area (TPSA) is 29.5 Å². The van der Waals surface area contributed by atoms with Crippen LogP contribution in [0.2, 0.25) is 0 Å². The van der Waals surface area contributed by atoms with Crippen LogP contribution in [0.4, 0.5) is 14.5 Å². The van der Waals surface area contributed by atoms with Crippen molar-refractivity contribution in [3.63, 3.8) is 0 Å². The molecule has 0 atom stereocenters. The Labute approximate surface area is 180 Å². The van der Waals surface area contributed by atoms with E-state index in [1.54, 1.807) is 0 Å². The van der Waals surface area contributed by atoms with E-state index in [1.165, 1.54) is 29.7 Å². The van der Waals surface area contributed by atoms with Crippen molar-refractivity contribution in [1.29, 1.82) is 0 Å². The summed E-state index contributed by atoms with van der Waals surface area (Å²) in [7, 11) is 1.25. The molecule has 0 saturated carbocycles. The van der Waals surface area contributed by atoms with Gasteiger partial charge in [0, 0.05) is 12.2 Å². The summed E-state index contributed by atoms with van der Waals surface area (Å²) >= 11 is 0. The van der Waals surface area contributed by atoms with Crippen molar-refractivity contribution in [3.05, 3.63) is 94.0 Å². The fourth-order valence-corrected chi connectivity index (χ4v) is 3.85. The molecule has 3 aromatic rings. The first-order valence-electron chi connectivity index (χ1n) is 10.1. The van der Waals surface area contributed by atoms with Gasteiger partial charge >= 0.3 is 0 Å². The second-order valence-electron chi connectivity index (χ2n) is 7.73.